The summed E-state index contributed by atoms with van der Waals surface area (Å²) in [5.41, 5.74) is 2.36. The molecule has 2 aliphatic rings. The Morgan fingerprint density at radius 2 is 2.00 bits per heavy atom. The lowest BCUT2D eigenvalue weighted by molar-refractivity contribution is -0.0292. The normalized spacial score (nSPS) is 17.0. The predicted molar refractivity (Wildman–Crippen MR) is 120 cm³/mol. The van der Waals surface area contributed by atoms with Crippen LogP contribution in [-0.2, 0) is 9.47 Å². The van der Waals surface area contributed by atoms with Crippen molar-refractivity contribution in [3.05, 3.63) is 47.8 Å². The van der Waals surface area contributed by atoms with Gasteiger partial charge in [0.15, 0.2) is 6.17 Å². The number of amides is 2. The number of nitrogens with one attached hydrogen (secondary N) is 4. The molecule has 2 aromatic rings. The van der Waals surface area contributed by atoms with Crippen LogP contribution in [0.25, 0.3) is 0 Å². The van der Waals surface area contributed by atoms with Gasteiger partial charge in [-0.3, -0.25) is 0 Å². The van der Waals surface area contributed by atoms with E-state index in [4.69, 9.17) is 14.2 Å². The molecule has 0 spiro atoms. The zero-order valence-corrected chi connectivity index (χ0v) is 17.7. The number of ether oxygens (including phenoxy) is 3. The van der Waals surface area contributed by atoms with Crippen LogP contribution in [0.5, 0.6) is 5.75 Å². The number of halogens is 1. The second-order valence-electron chi connectivity index (χ2n) is 7.49. The Hall–Kier alpha value is -3.37. The second-order valence-corrected chi connectivity index (χ2v) is 7.49. The minimum atomic E-state index is -0.605. The molecule has 0 aromatic heterocycles. The molecule has 10 heteroatoms. The fraction of sp³-hybridized carbons (Fsp3) is 0.364. The number of aliphatic imine (C=N–C) groups is 1. The van der Waals surface area contributed by atoms with Crippen LogP contribution in [0.15, 0.2) is 41.4 Å². The highest BCUT2D eigenvalue weighted by Gasteiger charge is 2.23. The number of fused-ring (bicyclic) bond motifs is 1. The number of anilines is 3. The summed E-state index contributed by atoms with van der Waals surface area (Å²) in [5.74, 6) is 0.371. The van der Waals surface area contributed by atoms with Crippen molar-refractivity contribution >= 4 is 29.4 Å². The van der Waals surface area contributed by atoms with Gasteiger partial charge < -0.3 is 35.5 Å². The van der Waals surface area contributed by atoms with Gasteiger partial charge >= 0.3 is 6.03 Å². The highest BCUT2D eigenvalue weighted by atomic mass is 19.1. The van der Waals surface area contributed by atoms with Crippen LogP contribution < -0.4 is 26.0 Å². The Morgan fingerprint density at radius 1 is 1.22 bits per heavy atom. The van der Waals surface area contributed by atoms with E-state index in [1.165, 1.54) is 12.4 Å². The monoisotopic (exact) mass is 443 g/mol. The van der Waals surface area contributed by atoms with E-state index >= 15 is 0 Å². The van der Waals surface area contributed by atoms with E-state index in [0.29, 0.717) is 61.6 Å². The average molecular weight is 443 g/mol. The molecule has 4 rings (SSSR count). The van der Waals surface area contributed by atoms with Gasteiger partial charge in [-0.25, -0.2) is 14.2 Å². The number of nitrogens with zero attached hydrogens (tertiary/aromatic N) is 1. The molecular formula is C22H26FN5O4. The first-order chi connectivity index (χ1) is 15.6. The minimum Gasteiger partial charge on any atom is -0.491 e. The first-order valence-electron chi connectivity index (χ1n) is 10.3. The van der Waals surface area contributed by atoms with E-state index in [-0.39, 0.29) is 6.03 Å². The van der Waals surface area contributed by atoms with Gasteiger partial charge in [0.2, 0.25) is 0 Å². The summed E-state index contributed by atoms with van der Waals surface area (Å²) >= 11 is 0. The maximum Gasteiger partial charge on any atom is 0.319 e. The van der Waals surface area contributed by atoms with E-state index in [1.807, 2.05) is 0 Å². The van der Waals surface area contributed by atoms with Crippen molar-refractivity contribution < 1.29 is 23.4 Å². The summed E-state index contributed by atoms with van der Waals surface area (Å²) in [6.45, 7) is 2.71. The van der Waals surface area contributed by atoms with Crippen molar-refractivity contribution in [2.24, 2.45) is 10.9 Å². The first-order valence-corrected chi connectivity index (χ1v) is 10.3. The Balaban J connectivity index is 1.36. The average Bonchev–Trinajstić information content (AvgIpc) is 2.74. The highest BCUT2D eigenvalue weighted by molar-refractivity contribution is 5.89. The second kappa shape index (κ2) is 10.3. The van der Waals surface area contributed by atoms with Crippen molar-refractivity contribution in [2.45, 2.75) is 6.17 Å². The van der Waals surface area contributed by atoms with Gasteiger partial charge in [0.25, 0.3) is 0 Å². The molecule has 9 nitrogen and oxygen atoms in total. The van der Waals surface area contributed by atoms with E-state index in [1.54, 1.807) is 37.4 Å². The molecule has 2 amide bonds. The Bertz CT molecular complexity index is 966. The molecule has 0 bridgehead atoms. The number of hydrogen-bond donors (Lipinski definition) is 4. The highest BCUT2D eigenvalue weighted by Crippen LogP contribution is 2.35. The van der Waals surface area contributed by atoms with Crippen molar-refractivity contribution in [1.82, 2.24) is 5.32 Å². The molecular weight excluding hydrogens is 417 g/mol. The predicted octanol–water partition coefficient (Wildman–Crippen LogP) is 3.18. The van der Waals surface area contributed by atoms with Crippen LogP contribution in [-0.4, -0.2) is 52.5 Å². The Labute approximate surface area is 185 Å². The minimum absolute atomic E-state index is 0.264. The quantitative estimate of drug-likeness (QED) is 0.444. The number of carbonyl (C=O) groups is 1. The number of rotatable bonds is 9. The Kier molecular flexibility index (Phi) is 7.03. The van der Waals surface area contributed by atoms with Crippen LogP contribution in [0.4, 0.5) is 26.2 Å². The number of methoxy groups -OCH3 is 1. The van der Waals surface area contributed by atoms with E-state index in [0.717, 1.165) is 5.69 Å². The van der Waals surface area contributed by atoms with Gasteiger partial charge in [-0.15, -0.1) is 0 Å². The SMILES string of the molecule is COCCOc1cc(F)c2c(c1)NC=NC2Nc1ccc(NC(=O)NCC2COC2)cc1. The molecule has 1 atom stereocenters. The molecule has 32 heavy (non-hydrogen) atoms. The van der Waals surface area contributed by atoms with Gasteiger partial charge in [0, 0.05) is 43.1 Å². The third kappa shape index (κ3) is 5.45. The standard InChI is InChI=1S/C22H26FN5O4/c1-30-6-7-32-17-8-18(23)20-19(9-17)25-13-26-21(20)27-15-2-4-16(5-3-15)28-22(29)24-10-14-11-31-12-14/h2-5,8-9,13-14,21,27H,6-7,10-12H2,1H3,(H,25,26)(H2,24,28,29). The summed E-state index contributed by atoms with van der Waals surface area (Å²) in [5, 5.41) is 11.8. The van der Waals surface area contributed by atoms with Gasteiger partial charge in [-0.05, 0) is 24.3 Å². The molecule has 2 aliphatic heterocycles. The molecule has 2 heterocycles. The lowest BCUT2D eigenvalue weighted by atomic mass is 10.1. The third-order valence-corrected chi connectivity index (χ3v) is 5.08. The maximum atomic E-state index is 14.8. The van der Waals surface area contributed by atoms with Crippen molar-refractivity contribution in [3.63, 3.8) is 0 Å². The fourth-order valence-corrected chi connectivity index (χ4v) is 3.30. The molecule has 2 aromatic carbocycles. The molecule has 0 saturated carbocycles. The molecule has 0 aliphatic carbocycles. The Morgan fingerprint density at radius 3 is 2.72 bits per heavy atom. The van der Waals surface area contributed by atoms with Crippen molar-refractivity contribution in [1.29, 1.82) is 0 Å². The van der Waals surface area contributed by atoms with Crippen molar-refractivity contribution in [3.8, 4) is 5.75 Å². The van der Waals surface area contributed by atoms with Crippen LogP contribution >= 0.6 is 0 Å². The van der Waals surface area contributed by atoms with E-state index in [9.17, 15) is 9.18 Å². The van der Waals surface area contributed by atoms with Gasteiger partial charge in [-0.1, -0.05) is 0 Å². The van der Waals surface area contributed by atoms with Crippen molar-refractivity contribution in [2.75, 3.05) is 56.0 Å². The fourth-order valence-electron chi connectivity index (χ4n) is 3.30. The van der Waals surface area contributed by atoms with Crippen LogP contribution in [0.2, 0.25) is 0 Å². The number of hydrogen-bond acceptors (Lipinski definition) is 7. The molecule has 1 saturated heterocycles. The lowest BCUT2D eigenvalue weighted by Gasteiger charge is -2.26. The first kappa shape index (κ1) is 21.8. The molecule has 1 unspecified atom stereocenters. The summed E-state index contributed by atoms with van der Waals surface area (Å²) in [6, 6.07) is 9.94. The van der Waals surface area contributed by atoms with E-state index in [2.05, 4.69) is 26.3 Å². The van der Waals surface area contributed by atoms with Crippen LogP contribution in [0.1, 0.15) is 11.7 Å². The molecule has 0 radical (unpaired) electrons. The third-order valence-electron chi connectivity index (χ3n) is 5.08. The topological polar surface area (TPSA) is 105 Å². The molecule has 4 N–H and O–H groups in total. The molecule has 1 fully saturated rings. The lowest BCUT2D eigenvalue weighted by Crippen LogP contribution is -2.40. The number of carbonyl (C=O) groups excluding carboxylic acids is 1. The van der Waals surface area contributed by atoms with Gasteiger partial charge in [0.05, 0.1) is 37.4 Å². The number of urea groups is 1. The van der Waals surface area contributed by atoms with Crippen LogP contribution in [0.3, 0.4) is 0 Å². The summed E-state index contributed by atoms with van der Waals surface area (Å²) in [4.78, 5) is 16.3. The maximum absolute atomic E-state index is 14.8. The zero-order valence-electron chi connectivity index (χ0n) is 17.7. The summed E-state index contributed by atoms with van der Waals surface area (Å²) in [6.07, 6.45) is 0.914. The largest absolute Gasteiger partial charge is 0.491 e. The van der Waals surface area contributed by atoms with Crippen LogP contribution in [0, 0.1) is 11.7 Å². The zero-order chi connectivity index (χ0) is 22.3. The smallest absolute Gasteiger partial charge is 0.319 e. The van der Waals surface area contributed by atoms with Gasteiger partial charge in [0.1, 0.15) is 18.2 Å². The molecule has 170 valence electrons. The van der Waals surface area contributed by atoms with E-state index < -0.39 is 12.0 Å². The van der Waals surface area contributed by atoms with Gasteiger partial charge in [-0.2, -0.15) is 0 Å². The number of benzene rings is 2. The summed E-state index contributed by atoms with van der Waals surface area (Å²) in [7, 11) is 1.58. The summed E-state index contributed by atoms with van der Waals surface area (Å²) < 4.78 is 30.4.